The lowest BCUT2D eigenvalue weighted by molar-refractivity contribution is -0.122. The number of amides is 1. The number of halogens is 2. The number of nitrogens with zero attached hydrogens (tertiary/aromatic N) is 1. The molecular formula is C10H10ClFN2O. The minimum Gasteiger partial charge on any atom is -0.356 e. The van der Waals surface area contributed by atoms with E-state index in [0.717, 1.165) is 6.42 Å². The molecule has 0 radical (unpaired) electrons. The highest BCUT2D eigenvalue weighted by molar-refractivity contribution is 6.29. The van der Waals surface area contributed by atoms with Gasteiger partial charge in [0.15, 0.2) is 11.0 Å². The number of hydrogen-bond donors (Lipinski definition) is 1. The maximum Gasteiger partial charge on any atom is 0.223 e. The maximum absolute atomic E-state index is 13.1. The average molecular weight is 229 g/mol. The molecule has 1 saturated heterocycles. The van der Waals surface area contributed by atoms with Crippen molar-refractivity contribution in [3.8, 4) is 0 Å². The monoisotopic (exact) mass is 228 g/mol. The summed E-state index contributed by atoms with van der Waals surface area (Å²) in [7, 11) is 0. The second-order valence-corrected chi connectivity index (χ2v) is 3.95. The molecule has 80 valence electrons. The van der Waals surface area contributed by atoms with E-state index in [4.69, 9.17) is 11.6 Å². The molecule has 0 spiro atoms. The van der Waals surface area contributed by atoms with Crippen molar-refractivity contribution in [2.24, 2.45) is 5.92 Å². The summed E-state index contributed by atoms with van der Waals surface area (Å²) in [6.45, 7) is 0.701. The zero-order chi connectivity index (χ0) is 10.8. The number of hydrogen-bond acceptors (Lipinski definition) is 2. The van der Waals surface area contributed by atoms with Crippen LogP contribution in [0.25, 0.3) is 0 Å². The van der Waals surface area contributed by atoms with Gasteiger partial charge in [0, 0.05) is 18.7 Å². The number of pyridine rings is 1. The lowest BCUT2D eigenvalue weighted by atomic mass is 9.99. The molecule has 1 atom stereocenters. The fraction of sp³-hybridized carbons (Fsp3) is 0.400. The Kier molecular flexibility index (Phi) is 2.86. The third-order valence-electron chi connectivity index (χ3n) is 2.50. The molecule has 3 nitrogen and oxygen atoms in total. The minimum atomic E-state index is -0.535. The predicted molar refractivity (Wildman–Crippen MR) is 54.0 cm³/mol. The third-order valence-corrected chi connectivity index (χ3v) is 2.78. The Morgan fingerprint density at radius 2 is 2.47 bits per heavy atom. The first-order valence-corrected chi connectivity index (χ1v) is 5.12. The summed E-state index contributed by atoms with van der Waals surface area (Å²) in [4.78, 5) is 15.0. The molecule has 5 heteroatoms. The Labute approximate surface area is 91.7 Å². The molecule has 1 aromatic heterocycles. The molecule has 1 aromatic rings. The van der Waals surface area contributed by atoms with Crippen molar-refractivity contribution in [1.82, 2.24) is 10.3 Å². The van der Waals surface area contributed by atoms with Gasteiger partial charge in [0.05, 0.1) is 0 Å². The molecule has 0 saturated carbocycles. The van der Waals surface area contributed by atoms with E-state index in [1.165, 1.54) is 12.3 Å². The third kappa shape index (κ3) is 2.26. The van der Waals surface area contributed by atoms with Crippen molar-refractivity contribution in [1.29, 1.82) is 0 Å². The van der Waals surface area contributed by atoms with E-state index in [-0.39, 0.29) is 17.0 Å². The zero-order valence-corrected chi connectivity index (χ0v) is 8.72. The van der Waals surface area contributed by atoms with Crippen molar-refractivity contribution in [3.63, 3.8) is 0 Å². The second-order valence-electron chi connectivity index (χ2n) is 3.60. The molecule has 1 N–H and O–H groups in total. The van der Waals surface area contributed by atoms with Crippen molar-refractivity contribution in [2.45, 2.75) is 12.8 Å². The van der Waals surface area contributed by atoms with Gasteiger partial charge >= 0.3 is 0 Å². The first-order valence-electron chi connectivity index (χ1n) is 4.74. The smallest absolute Gasteiger partial charge is 0.223 e. The second kappa shape index (κ2) is 4.14. The number of aromatic nitrogens is 1. The van der Waals surface area contributed by atoms with Gasteiger partial charge in [-0.05, 0) is 24.5 Å². The number of carbonyl (C=O) groups excluding carboxylic acids is 1. The van der Waals surface area contributed by atoms with Crippen LogP contribution in [0.5, 0.6) is 0 Å². The highest BCUT2D eigenvalue weighted by Crippen LogP contribution is 2.18. The van der Waals surface area contributed by atoms with Crippen LogP contribution in [0.4, 0.5) is 4.39 Å². The van der Waals surface area contributed by atoms with Crippen LogP contribution in [0.1, 0.15) is 12.0 Å². The largest absolute Gasteiger partial charge is 0.356 e. The average Bonchev–Trinajstić information content (AvgIpc) is 2.59. The lowest BCUT2D eigenvalue weighted by Crippen LogP contribution is -2.20. The fourth-order valence-corrected chi connectivity index (χ4v) is 1.80. The molecule has 1 aliphatic rings. The number of rotatable bonds is 2. The van der Waals surface area contributed by atoms with Gasteiger partial charge in [0.2, 0.25) is 5.91 Å². The Balaban J connectivity index is 2.10. The van der Waals surface area contributed by atoms with Crippen LogP contribution < -0.4 is 5.32 Å². The van der Waals surface area contributed by atoms with E-state index in [9.17, 15) is 9.18 Å². The molecule has 1 unspecified atom stereocenters. The van der Waals surface area contributed by atoms with Crippen LogP contribution in [0.2, 0.25) is 5.15 Å². The van der Waals surface area contributed by atoms with E-state index in [2.05, 4.69) is 10.3 Å². The van der Waals surface area contributed by atoms with Gasteiger partial charge in [-0.25, -0.2) is 9.37 Å². The van der Waals surface area contributed by atoms with Gasteiger partial charge in [-0.15, -0.1) is 0 Å². The summed E-state index contributed by atoms with van der Waals surface area (Å²) >= 11 is 5.46. The van der Waals surface area contributed by atoms with Crippen LogP contribution in [0.3, 0.4) is 0 Å². The van der Waals surface area contributed by atoms with Crippen LogP contribution in [-0.2, 0) is 11.2 Å². The summed E-state index contributed by atoms with van der Waals surface area (Å²) in [5.41, 5.74) is 0.707. The minimum absolute atomic E-state index is 0.0327. The predicted octanol–water partition coefficient (Wildman–Crippen LogP) is 1.55. The Bertz CT molecular complexity index is 397. The van der Waals surface area contributed by atoms with Gasteiger partial charge < -0.3 is 5.32 Å². The molecule has 1 amide bonds. The van der Waals surface area contributed by atoms with Crippen molar-refractivity contribution >= 4 is 17.5 Å². The Hall–Kier alpha value is -1.16. The highest BCUT2D eigenvalue weighted by atomic mass is 35.5. The summed E-state index contributed by atoms with van der Waals surface area (Å²) in [5.74, 6) is -0.565. The number of nitrogens with one attached hydrogen (secondary N) is 1. The van der Waals surface area contributed by atoms with Crippen molar-refractivity contribution < 1.29 is 9.18 Å². The summed E-state index contributed by atoms with van der Waals surface area (Å²) in [6, 6.07) is 1.33. The van der Waals surface area contributed by atoms with E-state index in [1.54, 1.807) is 0 Å². The van der Waals surface area contributed by atoms with E-state index < -0.39 is 5.82 Å². The number of carbonyl (C=O) groups is 1. The fourth-order valence-electron chi connectivity index (χ4n) is 1.70. The Morgan fingerprint density at radius 3 is 3.07 bits per heavy atom. The van der Waals surface area contributed by atoms with Crippen molar-refractivity contribution in [2.75, 3.05) is 6.54 Å². The van der Waals surface area contributed by atoms with E-state index in [1.807, 2.05) is 0 Å². The molecule has 2 rings (SSSR count). The first-order chi connectivity index (χ1) is 7.16. The molecule has 0 bridgehead atoms. The van der Waals surface area contributed by atoms with Crippen LogP contribution in [0.15, 0.2) is 12.3 Å². The topological polar surface area (TPSA) is 42.0 Å². The van der Waals surface area contributed by atoms with Crippen molar-refractivity contribution in [3.05, 3.63) is 28.8 Å². The highest BCUT2D eigenvalue weighted by Gasteiger charge is 2.24. The standard InChI is InChI=1S/C10H10ClFN2O/c11-9-8(12)4-6(5-14-9)3-7-1-2-13-10(7)15/h4-5,7H,1-3H2,(H,13,15). The normalized spacial score (nSPS) is 20.4. The molecule has 1 fully saturated rings. The molecule has 0 aliphatic carbocycles. The van der Waals surface area contributed by atoms with Crippen LogP contribution >= 0.6 is 11.6 Å². The summed E-state index contributed by atoms with van der Waals surface area (Å²) in [6.07, 6.45) is 2.83. The van der Waals surface area contributed by atoms with E-state index >= 15 is 0 Å². The summed E-state index contributed by atoms with van der Waals surface area (Å²) < 4.78 is 13.1. The van der Waals surface area contributed by atoms with Gasteiger partial charge in [-0.3, -0.25) is 4.79 Å². The van der Waals surface area contributed by atoms with Gasteiger partial charge in [-0.1, -0.05) is 11.6 Å². The maximum atomic E-state index is 13.1. The molecule has 15 heavy (non-hydrogen) atoms. The van der Waals surface area contributed by atoms with E-state index in [0.29, 0.717) is 18.5 Å². The molecular weight excluding hydrogens is 219 g/mol. The molecule has 1 aliphatic heterocycles. The zero-order valence-electron chi connectivity index (χ0n) is 7.96. The molecule has 0 aromatic carbocycles. The van der Waals surface area contributed by atoms with Gasteiger partial charge in [-0.2, -0.15) is 0 Å². The van der Waals surface area contributed by atoms with Gasteiger partial charge in [0.1, 0.15) is 0 Å². The Morgan fingerprint density at radius 1 is 1.67 bits per heavy atom. The quantitative estimate of drug-likeness (QED) is 0.781. The molecule has 2 heterocycles. The van der Waals surface area contributed by atoms with Crippen LogP contribution in [-0.4, -0.2) is 17.4 Å². The van der Waals surface area contributed by atoms with Gasteiger partial charge in [0.25, 0.3) is 0 Å². The first kappa shape index (κ1) is 10.4. The van der Waals surface area contributed by atoms with Crippen LogP contribution in [0, 0.1) is 11.7 Å². The SMILES string of the molecule is O=C1NCCC1Cc1cnc(Cl)c(F)c1. The summed E-state index contributed by atoms with van der Waals surface area (Å²) in [5, 5.41) is 2.61. The lowest BCUT2D eigenvalue weighted by Gasteiger charge is -2.06.